The second-order valence-electron chi connectivity index (χ2n) is 5.71. The summed E-state index contributed by atoms with van der Waals surface area (Å²) in [7, 11) is 0. The van der Waals surface area contributed by atoms with E-state index in [1.54, 1.807) is 12.2 Å². The van der Waals surface area contributed by atoms with E-state index in [1.165, 1.54) is 0 Å². The summed E-state index contributed by atoms with van der Waals surface area (Å²) in [6, 6.07) is 5.74. The molecule has 5 heteroatoms. The Balaban J connectivity index is 1.82. The first-order valence-corrected chi connectivity index (χ1v) is 6.91. The quantitative estimate of drug-likeness (QED) is 0.833. The van der Waals surface area contributed by atoms with E-state index in [4.69, 9.17) is 4.74 Å². The van der Waals surface area contributed by atoms with E-state index in [0.29, 0.717) is 5.69 Å². The normalized spacial score (nSPS) is 29.6. The Kier molecular flexibility index (Phi) is 3.29. The molecule has 0 radical (unpaired) electrons. The van der Waals surface area contributed by atoms with Crippen LogP contribution in [0.5, 0.6) is 0 Å². The molecule has 3 rings (SSSR count). The predicted octanol–water partition coefficient (Wildman–Crippen LogP) is 1.90. The van der Waals surface area contributed by atoms with E-state index in [2.05, 4.69) is 5.32 Å². The molecule has 110 valence electrons. The number of benzene rings is 1. The second-order valence-corrected chi connectivity index (χ2v) is 5.71. The van der Waals surface area contributed by atoms with Crippen molar-refractivity contribution in [3.8, 4) is 0 Å². The highest BCUT2D eigenvalue weighted by molar-refractivity contribution is 5.96. The number of aryl methyl sites for hydroxylation is 2. The maximum atomic E-state index is 12.5. The Bertz CT molecular complexity index is 617. The molecule has 1 fully saturated rings. The summed E-state index contributed by atoms with van der Waals surface area (Å²) in [6.45, 7) is 3.90. The first kappa shape index (κ1) is 13.8. The minimum absolute atomic E-state index is 0.302. The van der Waals surface area contributed by atoms with E-state index in [1.807, 2.05) is 32.0 Å². The van der Waals surface area contributed by atoms with Crippen molar-refractivity contribution in [1.82, 2.24) is 0 Å². The molecule has 21 heavy (non-hydrogen) atoms. The van der Waals surface area contributed by atoms with E-state index in [-0.39, 0.29) is 5.91 Å². The van der Waals surface area contributed by atoms with Crippen LogP contribution in [0.2, 0.25) is 0 Å². The largest absolute Gasteiger partial charge is 0.481 e. The minimum Gasteiger partial charge on any atom is -0.481 e. The molecule has 0 aromatic heterocycles. The molecular weight excluding hydrogens is 270 g/mol. The summed E-state index contributed by atoms with van der Waals surface area (Å²) in [5.41, 5.74) is 2.78. The molecule has 2 heterocycles. The molecule has 5 nitrogen and oxygen atoms in total. The zero-order valence-corrected chi connectivity index (χ0v) is 11.9. The van der Waals surface area contributed by atoms with Gasteiger partial charge in [0.15, 0.2) is 0 Å². The molecule has 1 aromatic rings. The summed E-state index contributed by atoms with van der Waals surface area (Å²) >= 11 is 0. The Morgan fingerprint density at radius 1 is 1.05 bits per heavy atom. The summed E-state index contributed by atoms with van der Waals surface area (Å²) in [6.07, 6.45) is 2.56. The van der Waals surface area contributed by atoms with Gasteiger partial charge >= 0.3 is 5.97 Å². The van der Waals surface area contributed by atoms with Crippen LogP contribution in [0.3, 0.4) is 0 Å². The van der Waals surface area contributed by atoms with Gasteiger partial charge in [0.05, 0.1) is 18.1 Å². The van der Waals surface area contributed by atoms with Gasteiger partial charge in [-0.25, -0.2) is 0 Å². The molecule has 2 bridgehead atoms. The van der Waals surface area contributed by atoms with Gasteiger partial charge < -0.3 is 15.2 Å². The van der Waals surface area contributed by atoms with Gasteiger partial charge in [0.25, 0.3) is 0 Å². The van der Waals surface area contributed by atoms with Crippen molar-refractivity contribution in [2.75, 3.05) is 5.32 Å². The summed E-state index contributed by atoms with van der Waals surface area (Å²) in [5.74, 6) is -2.79. The van der Waals surface area contributed by atoms with Crippen LogP contribution >= 0.6 is 0 Å². The van der Waals surface area contributed by atoms with Crippen LogP contribution in [0, 0.1) is 25.7 Å². The van der Waals surface area contributed by atoms with Gasteiger partial charge in [-0.1, -0.05) is 18.2 Å². The average Bonchev–Trinajstić information content (AvgIpc) is 2.96. The highest BCUT2D eigenvalue weighted by Gasteiger charge is 2.53. The van der Waals surface area contributed by atoms with Crippen molar-refractivity contribution in [2.24, 2.45) is 11.8 Å². The summed E-state index contributed by atoms with van der Waals surface area (Å²) < 4.78 is 5.51. The third kappa shape index (κ3) is 2.45. The lowest BCUT2D eigenvalue weighted by Gasteiger charge is -2.21. The number of aliphatic carboxylic acids is 1. The third-order valence-corrected chi connectivity index (χ3v) is 3.98. The van der Waals surface area contributed by atoms with Crippen molar-refractivity contribution in [1.29, 1.82) is 0 Å². The first-order valence-electron chi connectivity index (χ1n) is 6.91. The van der Waals surface area contributed by atoms with Gasteiger partial charge in [0, 0.05) is 5.69 Å². The van der Waals surface area contributed by atoms with Gasteiger partial charge in [0.1, 0.15) is 5.92 Å². The number of carbonyl (C=O) groups excluding carboxylic acids is 1. The molecule has 0 aliphatic carbocycles. The molecule has 2 aliphatic heterocycles. The Morgan fingerprint density at radius 2 is 1.62 bits per heavy atom. The fourth-order valence-corrected chi connectivity index (χ4v) is 3.19. The van der Waals surface area contributed by atoms with Gasteiger partial charge in [-0.3, -0.25) is 9.59 Å². The molecule has 2 N–H and O–H groups in total. The Morgan fingerprint density at radius 3 is 2.19 bits per heavy atom. The Hall–Kier alpha value is -2.14. The SMILES string of the molecule is Cc1cc(C)cc(NC(=O)[C@@H]2[C@@H](C(=O)O)[C@H]3C=C[C@@H]2O3)c1. The lowest BCUT2D eigenvalue weighted by atomic mass is 9.82. The average molecular weight is 287 g/mol. The number of hydrogen-bond acceptors (Lipinski definition) is 3. The smallest absolute Gasteiger partial charge is 0.310 e. The molecule has 0 saturated carbocycles. The molecule has 0 spiro atoms. The molecule has 1 aromatic carbocycles. The number of amides is 1. The number of ether oxygens (including phenoxy) is 1. The molecule has 1 amide bonds. The highest BCUT2D eigenvalue weighted by Crippen LogP contribution is 2.39. The maximum absolute atomic E-state index is 12.5. The van der Waals surface area contributed by atoms with E-state index >= 15 is 0 Å². The summed E-state index contributed by atoms with van der Waals surface area (Å²) in [5, 5.41) is 12.1. The standard InChI is InChI=1S/C16H17NO4/c1-8-5-9(2)7-10(6-8)17-15(18)13-11-3-4-12(21-11)14(13)16(19)20/h3-7,11-14H,1-2H3,(H,17,18)(H,19,20)/t11-,12+,13-,14-/m0/s1. The fraction of sp³-hybridized carbons (Fsp3) is 0.375. The lowest BCUT2D eigenvalue weighted by Crippen LogP contribution is -2.39. The van der Waals surface area contributed by atoms with Crippen LogP contribution in [0.4, 0.5) is 5.69 Å². The van der Waals surface area contributed by atoms with Gasteiger partial charge in [-0.15, -0.1) is 0 Å². The van der Waals surface area contributed by atoms with Crippen LogP contribution in [0.1, 0.15) is 11.1 Å². The lowest BCUT2D eigenvalue weighted by molar-refractivity contribution is -0.145. The van der Waals surface area contributed by atoms with Gasteiger partial charge in [0.2, 0.25) is 5.91 Å². The van der Waals surface area contributed by atoms with Crippen LogP contribution in [-0.4, -0.2) is 29.2 Å². The first-order chi connectivity index (χ1) is 9.95. The molecular formula is C16H17NO4. The van der Waals surface area contributed by atoms with Crippen molar-refractivity contribution in [2.45, 2.75) is 26.1 Å². The highest BCUT2D eigenvalue weighted by atomic mass is 16.5. The number of carboxylic acid groups (broad SMARTS) is 1. The van der Waals surface area contributed by atoms with Crippen molar-refractivity contribution < 1.29 is 19.4 Å². The molecule has 2 aliphatic rings. The maximum Gasteiger partial charge on any atom is 0.310 e. The molecule has 1 saturated heterocycles. The minimum atomic E-state index is -0.993. The number of anilines is 1. The molecule has 0 unspecified atom stereocenters. The number of hydrogen-bond donors (Lipinski definition) is 2. The third-order valence-electron chi connectivity index (χ3n) is 3.98. The number of carbonyl (C=O) groups is 2. The van der Waals surface area contributed by atoms with Crippen molar-refractivity contribution >= 4 is 17.6 Å². The fourth-order valence-electron chi connectivity index (χ4n) is 3.19. The summed E-state index contributed by atoms with van der Waals surface area (Å²) in [4.78, 5) is 23.8. The van der Waals surface area contributed by atoms with Crippen LogP contribution in [-0.2, 0) is 14.3 Å². The second kappa shape index (κ2) is 5.00. The Labute approximate surface area is 122 Å². The van der Waals surface area contributed by atoms with Crippen LogP contribution in [0.15, 0.2) is 30.4 Å². The predicted molar refractivity (Wildman–Crippen MR) is 77.0 cm³/mol. The van der Waals surface area contributed by atoms with Crippen LogP contribution in [0.25, 0.3) is 0 Å². The number of fused-ring (bicyclic) bond motifs is 2. The zero-order chi connectivity index (χ0) is 15.1. The number of rotatable bonds is 3. The van der Waals surface area contributed by atoms with Gasteiger partial charge in [-0.05, 0) is 37.1 Å². The van der Waals surface area contributed by atoms with Crippen LogP contribution < -0.4 is 5.32 Å². The van der Waals surface area contributed by atoms with E-state index in [9.17, 15) is 14.7 Å². The monoisotopic (exact) mass is 287 g/mol. The molecule has 4 atom stereocenters. The topological polar surface area (TPSA) is 75.6 Å². The van der Waals surface area contributed by atoms with E-state index < -0.39 is 30.0 Å². The van der Waals surface area contributed by atoms with Crippen molar-refractivity contribution in [3.05, 3.63) is 41.5 Å². The van der Waals surface area contributed by atoms with Crippen molar-refractivity contribution in [3.63, 3.8) is 0 Å². The van der Waals surface area contributed by atoms with E-state index in [0.717, 1.165) is 11.1 Å². The number of nitrogens with one attached hydrogen (secondary N) is 1. The van der Waals surface area contributed by atoms with Gasteiger partial charge in [-0.2, -0.15) is 0 Å². The number of carboxylic acids is 1. The zero-order valence-electron chi connectivity index (χ0n) is 11.9.